The molecule has 0 atom stereocenters. The fourth-order valence-electron chi connectivity index (χ4n) is 2.88. The molecule has 0 spiro atoms. The van der Waals surface area contributed by atoms with Crippen LogP contribution in [-0.4, -0.2) is 4.57 Å². The fraction of sp³-hybridized carbons (Fsp3) is 0.211. The molecule has 0 saturated heterocycles. The Hall–Kier alpha value is -2.53. The zero-order valence-corrected chi connectivity index (χ0v) is 12.4. The fourth-order valence-corrected chi connectivity index (χ4v) is 2.88. The van der Waals surface area contributed by atoms with Gasteiger partial charge in [0, 0.05) is 12.7 Å². The van der Waals surface area contributed by atoms with Crippen LogP contribution in [0.25, 0.3) is 10.9 Å². The minimum atomic E-state index is 0.725. The van der Waals surface area contributed by atoms with Gasteiger partial charge < -0.3 is 4.57 Å². The first-order valence-electron chi connectivity index (χ1n) is 7.29. The summed E-state index contributed by atoms with van der Waals surface area (Å²) in [6.07, 6.45) is 3.19. The molecule has 0 aliphatic rings. The topological polar surface area (TPSA) is 28.7 Å². The van der Waals surface area contributed by atoms with Crippen molar-refractivity contribution in [2.75, 3.05) is 0 Å². The Bertz CT molecular complexity index is 834. The molecule has 0 aliphatic heterocycles. The summed E-state index contributed by atoms with van der Waals surface area (Å²) in [5.74, 6) is 0. The molecule has 1 heterocycles. The SMILES string of the molecule is CCc1cccc2ccn(Cc3ccc(C#N)cc3C)c12. The van der Waals surface area contributed by atoms with Gasteiger partial charge in [-0.2, -0.15) is 5.26 Å². The van der Waals surface area contributed by atoms with Gasteiger partial charge in [-0.3, -0.25) is 0 Å². The third-order valence-corrected chi connectivity index (χ3v) is 4.07. The summed E-state index contributed by atoms with van der Waals surface area (Å²) < 4.78 is 2.31. The number of hydrogen-bond donors (Lipinski definition) is 0. The van der Waals surface area contributed by atoms with Crippen LogP contribution in [0.15, 0.2) is 48.7 Å². The van der Waals surface area contributed by atoms with Crippen molar-refractivity contribution in [3.63, 3.8) is 0 Å². The van der Waals surface area contributed by atoms with E-state index >= 15 is 0 Å². The molecule has 0 N–H and O–H groups in total. The highest BCUT2D eigenvalue weighted by Gasteiger charge is 2.07. The Morgan fingerprint density at radius 1 is 1.10 bits per heavy atom. The lowest BCUT2D eigenvalue weighted by Gasteiger charge is -2.11. The molecule has 0 fully saturated rings. The van der Waals surface area contributed by atoms with Crippen molar-refractivity contribution in [1.29, 1.82) is 5.26 Å². The van der Waals surface area contributed by atoms with Gasteiger partial charge in [0.15, 0.2) is 0 Å². The average Bonchev–Trinajstić information content (AvgIpc) is 2.92. The molecule has 0 bridgehead atoms. The van der Waals surface area contributed by atoms with Gasteiger partial charge >= 0.3 is 0 Å². The molecule has 0 aliphatic carbocycles. The van der Waals surface area contributed by atoms with E-state index in [1.165, 1.54) is 27.6 Å². The second kappa shape index (κ2) is 5.46. The lowest BCUT2D eigenvalue weighted by Crippen LogP contribution is -2.02. The lowest BCUT2D eigenvalue weighted by molar-refractivity contribution is 0.825. The maximum atomic E-state index is 8.96. The molecule has 0 radical (unpaired) electrons. The van der Waals surface area contributed by atoms with Crippen LogP contribution < -0.4 is 0 Å². The van der Waals surface area contributed by atoms with Crippen LogP contribution in [0.5, 0.6) is 0 Å². The molecule has 21 heavy (non-hydrogen) atoms. The quantitative estimate of drug-likeness (QED) is 0.694. The maximum Gasteiger partial charge on any atom is 0.0991 e. The number of aromatic nitrogens is 1. The maximum absolute atomic E-state index is 8.96. The Labute approximate surface area is 125 Å². The Kier molecular flexibility index (Phi) is 3.50. The summed E-state index contributed by atoms with van der Waals surface area (Å²) in [4.78, 5) is 0. The van der Waals surface area contributed by atoms with E-state index in [0.717, 1.165) is 18.5 Å². The van der Waals surface area contributed by atoms with Crippen molar-refractivity contribution < 1.29 is 0 Å². The minimum absolute atomic E-state index is 0.725. The van der Waals surface area contributed by atoms with E-state index in [1.807, 2.05) is 12.1 Å². The average molecular weight is 274 g/mol. The van der Waals surface area contributed by atoms with Crippen molar-refractivity contribution in [3.8, 4) is 6.07 Å². The number of nitriles is 1. The third kappa shape index (κ3) is 2.43. The van der Waals surface area contributed by atoms with Gasteiger partial charge in [0.25, 0.3) is 0 Å². The number of fused-ring (bicyclic) bond motifs is 1. The highest BCUT2D eigenvalue weighted by atomic mass is 15.0. The Morgan fingerprint density at radius 3 is 2.67 bits per heavy atom. The molecule has 0 unspecified atom stereocenters. The van der Waals surface area contributed by atoms with E-state index in [2.05, 4.69) is 61.0 Å². The summed E-state index contributed by atoms with van der Waals surface area (Å²) in [7, 11) is 0. The van der Waals surface area contributed by atoms with E-state index < -0.39 is 0 Å². The zero-order chi connectivity index (χ0) is 14.8. The van der Waals surface area contributed by atoms with E-state index in [4.69, 9.17) is 5.26 Å². The van der Waals surface area contributed by atoms with Crippen molar-refractivity contribution in [3.05, 3.63) is 70.9 Å². The smallest absolute Gasteiger partial charge is 0.0991 e. The predicted molar refractivity (Wildman–Crippen MR) is 86.3 cm³/mol. The van der Waals surface area contributed by atoms with Crippen LogP contribution in [0.3, 0.4) is 0 Å². The highest BCUT2D eigenvalue weighted by molar-refractivity contribution is 5.83. The lowest BCUT2D eigenvalue weighted by atomic mass is 10.1. The summed E-state index contributed by atoms with van der Waals surface area (Å²) >= 11 is 0. The van der Waals surface area contributed by atoms with Gasteiger partial charge in [-0.25, -0.2) is 0 Å². The zero-order valence-electron chi connectivity index (χ0n) is 12.4. The van der Waals surface area contributed by atoms with E-state index in [-0.39, 0.29) is 0 Å². The highest BCUT2D eigenvalue weighted by Crippen LogP contribution is 2.23. The first kappa shape index (κ1) is 13.5. The number of aryl methyl sites for hydroxylation is 2. The number of para-hydroxylation sites is 1. The van der Waals surface area contributed by atoms with Crippen molar-refractivity contribution in [2.24, 2.45) is 0 Å². The molecule has 1 aromatic heterocycles. The molecular weight excluding hydrogens is 256 g/mol. The van der Waals surface area contributed by atoms with Gasteiger partial charge in [-0.05, 0) is 53.6 Å². The number of rotatable bonds is 3. The largest absolute Gasteiger partial charge is 0.343 e. The van der Waals surface area contributed by atoms with Crippen molar-refractivity contribution >= 4 is 10.9 Å². The normalized spacial score (nSPS) is 10.7. The molecule has 2 aromatic carbocycles. The molecule has 3 aromatic rings. The minimum Gasteiger partial charge on any atom is -0.343 e. The second-order valence-corrected chi connectivity index (χ2v) is 5.41. The van der Waals surface area contributed by atoms with Crippen LogP contribution in [0, 0.1) is 18.3 Å². The van der Waals surface area contributed by atoms with Gasteiger partial charge in [0.1, 0.15) is 0 Å². The van der Waals surface area contributed by atoms with Gasteiger partial charge in [0.05, 0.1) is 17.1 Å². The van der Waals surface area contributed by atoms with Crippen molar-refractivity contribution in [2.45, 2.75) is 26.8 Å². The summed E-state index contributed by atoms with van der Waals surface area (Å²) in [5, 5.41) is 10.3. The van der Waals surface area contributed by atoms with Crippen LogP contribution in [0.2, 0.25) is 0 Å². The molecule has 3 rings (SSSR count). The molecular formula is C19H18N2. The van der Waals surface area contributed by atoms with Crippen LogP contribution in [-0.2, 0) is 13.0 Å². The Balaban J connectivity index is 2.05. The van der Waals surface area contributed by atoms with Crippen LogP contribution in [0.4, 0.5) is 0 Å². The molecule has 0 saturated carbocycles. The first-order chi connectivity index (χ1) is 10.2. The summed E-state index contributed by atoms with van der Waals surface area (Å²) in [6, 6.07) is 16.8. The Morgan fingerprint density at radius 2 is 1.95 bits per heavy atom. The standard InChI is InChI=1S/C19H18N2/c1-3-16-5-4-6-17-9-10-21(19(16)17)13-18-8-7-15(12-20)11-14(18)2/h4-11H,3,13H2,1-2H3. The van der Waals surface area contributed by atoms with Crippen molar-refractivity contribution in [1.82, 2.24) is 4.57 Å². The third-order valence-electron chi connectivity index (χ3n) is 4.07. The van der Waals surface area contributed by atoms with Gasteiger partial charge in [-0.15, -0.1) is 0 Å². The van der Waals surface area contributed by atoms with E-state index in [0.29, 0.717) is 0 Å². The number of benzene rings is 2. The molecule has 104 valence electrons. The number of hydrogen-bond acceptors (Lipinski definition) is 1. The molecule has 2 nitrogen and oxygen atoms in total. The molecule has 0 amide bonds. The second-order valence-electron chi connectivity index (χ2n) is 5.41. The monoisotopic (exact) mass is 274 g/mol. The van der Waals surface area contributed by atoms with Crippen LogP contribution in [0.1, 0.15) is 29.2 Å². The van der Waals surface area contributed by atoms with E-state index in [1.54, 1.807) is 0 Å². The summed E-state index contributed by atoms with van der Waals surface area (Å²) in [5.41, 5.74) is 5.86. The molecule has 2 heteroatoms. The van der Waals surface area contributed by atoms with Crippen LogP contribution >= 0.6 is 0 Å². The summed E-state index contributed by atoms with van der Waals surface area (Å²) in [6.45, 7) is 5.11. The first-order valence-corrected chi connectivity index (χ1v) is 7.29. The van der Waals surface area contributed by atoms with Gasteiger partial charge in [-0.1, -0.05) is 31.2 Å². The van der Waals surface area contributed by atoms with E-state index in [9.17, 15) is 0 Å². The van der Waals surface area contributed by atoms with Gasteiger partial charge in [0.2, 0.25) is 0 Å². The number of nitrogens with zero attached hydrogens (tertiary/aromatic N) is 2. The predicted octanol–water partition coefficient (Wildman–Crippen LogP) is 4.43.